The van der Waals surface area contributed by atoms with Gasteiger partial charge in [-0.15, -0.1) is 0 Å². The summed E-state index contributed by atoms with van der Waals surface area (Å²) in [7, 11) is -3.58. The Hall–Kier alpha value is -2.57. The number of hydrogen-bond acceptors (Lipinski definition) is 7. The Morgan fingerprint density at radius 2 is 1.97 bits per heavy atom. The van der Waals surface area contributed by atoms with Gasteiger partial charge in [0.1, 0.15) is 17.9 Å². The number of anilines is 1. The van der Waals surface area contributed by atoms with E-state index in [1.165, 1.54) is 0 Å². The molecule has 0 saturated heterocycles. The minimum Gasteiger partial charge on any atom is -0.431 e. The number of hydrogen-bond donors (Lipinski definition) is 4. The van der Waals surface area contributed by atoms with E-state index in [4.69, 9.17) is 4.42 Å². The van der Waals surface area contributed by atoms with Crippen LogP contribution in [0.2, 0.25) is 0 Å². The summed E-state index contributed by atoms with van der Waals surface area (Å²) in [4.78, 5) is 16.4. The van der Waals surface area contributed by atoms with Crippen LogP contribution in [0.5, 0.6) is 0 Å². The predicted molar refractivity (Wildman–Crippen MR) is 108 cm³/mol. The van der Waals surface area contributed by atoms with Gasteiger partial charge < -0.3 is 20.2 Å². The highest BCUT2D eigenvalue weighted by Crippen LogP contribution is 2.19. The van der Waals surface area contributed by atoms with E-state index >= 15 is 0 Å². The van der Waals surface area contributed by atoms with Crippen molar-refractivity contribution in [2.24, 2.45) is 0 Å². The number of benzene rings is 1. The third-order valence-electron chi connectivity index (χ3n) is 4.55. The quantitative estimate of drug-likeness (QED) is 0.390. The Labute approximate surface area is 178 Å². The Morgan fingerprint density at radius 1 is 1.29 bits per heavy atom. The molecule has 1 aliphatic carbocycles. The monoisotopic (exact) mass is 458 g/mol. The molecule has 1 saturated carbocycles. The number of carbonyl (C=O) groups excluding carboxylic acids is 1. The number of aliphatic hydroxyl groups is 1. The molecule has 12 heteroatoms. The van der Waals surface area contributed by atoms with E-state index in [0.29, 0.717) is 6.04 Å². The van der Waals surface area contributed by atoms with E-state index in [2.05, 4.69) is 20.3 Å². The van der Waals surface area contributed by atoms with Crippen molar-refractivity contribution in [3.8, 4) is 0 Å². The van der Waals surface area contributed by atoms with E-state index in [0.717, 1.165) is 43.6 Å². The van der Waals surface area contributed by atoms with Crippen LogP contribution >= 0.6 is 0 Å². The first kappa shape index (κ1) is 23.1. The van der Waals surface area contributed by atoms with Crippen molar-refractivity contribution in [3.63, 3.8) is 0 Å². The zero-order chi connectivity index (χ0) is 22.6. The zero-order valence-corrected chi connectivity index (χ0v) is 17.6. The molecule has 170 valence electrons. The molecule has 4 N–H and O–H groups in total. The molecule has 1 aromatic carbocycles. The maximum atomic E-state index is 13.5. The molecule has 1 amide bonds. The van der Waals surface area contributed by atoms with Crippen LogP contribution in [0.15, 0.2) is 28.9 Å². The largest absolute Gasteiger partial charge is 0.431 e. The average molecular weight is 458 g/mol. The van der Waals surface area contributed by atoms with Crippen LogP contribution in [0, 0.1) is 11.6 Å². The summed E-state index contributed by atoms with van der Waals surface area (Å²) in [5, 5.41) is 16.4. The number of sulfonamides is 1. The lowest BCUT2D eigenvalue weighted by Crippen LogP contribution is -2.49. The van der Waals surface area contributed by atoms with Crippen molar-refractivity contribution >= 4 is 21.9 Å². The average Bonchev–Trinajstić information content (AvgIpc) is 3.37. The molecule has 1 aromatic heterocycles. The first-order valence-electron chi connectivity index (χ1n) is 9.65. The highest BCUT2D eigenvalue weighted by atomic mass is 32.2. The van der Waals surface area contributed by atoms with E-state index < -0.39 is 39.7 Å². The van der Waals surface area contributed by atoms with Gasteiger partial charge in [-0.25, -0.2) is 21.9 Å². The third kappa shape index (κ3) is 7.89. The molecule has 0 bridgehead atoms. The summed E-state index contributed by atoms with van der Waals surface area (Å²) in [5.41, 5.74) is 0.458. The maximum absolute atomic E-state index is 13.5. The molecule has 0 aliphatic heterocycles. The van der Waals surface area contributed by atoms with Gasteiger partial charge in [0.2, 0.25) is 15.9 Å². The minimum atomic E-state index is -3.58. The number of carbonyl (C=O) groups is 1. The summed E-state index contributed by atoms with van der Waals surface area (Å²) < 4.78 is 56.5. The fourth-order valence-corrected chi connectivity index (χ4v) is 3.41. The van der Waals surface area contributed by atoms with Gasteiger partial charge >= 0.3 is 6.01 Å². The fourth-order valence-electron chi connectivity index (χ4n) is 3.00. The highest BCUT2D eigenvalue weighted by Gasteiger charge is 2.26. The van der Waals surface area contributed by atoms with Gasteiger partial charge in [-0.3, -0.25) is 4.79 Å². The second-order valence-electron chi connectivity index (χ2n) is 7.60. The van der Waals surface area contributed by atoms with Gasteiger partial charge in [0.15, 0.2) is 0 Å². The van der Waals surface area contributed by atoms with E-state index in [1.54, 1.807) is 0 Å². The SMILES string of the molecule is CS(=O)(=O)Nc1nc(CC(=O)N[C@@H](Cc2cc(F)cc(F)c2)[C@H](O)CNC2CC2)co1. The summed E-state index contributed by atoms with van der Waals surface area (Å²) in [6.45, 7) is 0.208. The van der Waals surface area contributed by atoms with E-state index in [1.807, 2.05) is 0 Å². The topological polar surface area (TPSA) is 134 Å². The molecule has 2 atom stereocenters. The van der Waals surface area contributed by atoms with Gasteiger partial charge in [0, 0.05) is 18.7 Å². The zero-order valence-electron chi connectivity index (χ0n) is 16.8. The van der Waals surface area contributed by atoms with Crippen LogP contribution in [-0.2, 0) is 27.7 Å². The van der Waals surface area contributed by atoms with Crippen LogP contribution in [0.25, 0.3) is 0 Å². The Morgan fingerprint density at radius 3 is 2.58 bits per heavy atom. The normalized spacial score (nSPS) is 16.0. The van der Waals surface area contributed by atoms with E-state index in [9.17, 15) is 27.1 Å². The predicted octanol–water partition coefficient (Wildman–Crippen LogP) is 0.707. The number of amides is 1. The molecule has 2 aromatic rings. The molecular formula is C19H24F2N4O5S. The number of aliphatic hydroxyl groups excluding tert-OH is 1. The molecule has 1 fully saturated rings. The van der Waals surface area contributed by atoms with Crippen molar-refractivity contribution in [3.05, 3.63) is 47.4 Å². The number of oxazole rings is 1. The van der Waals surface area contributed by atoms with Crippen LogP contribution in [0.4, 0.5) is 14.8 Å². The van der Waals surface area contributed by atoms with Gasteiger partial charge in [-0.1, -0.05) is 0 Å². The van der Waals surface area contributed by atoms with Crippen molar-refractivity contribution in [2.45, 2.75) is 43.9 Å². The number of nitrogens with zero attached hydrogens (tertiary/aromatic N) is 1. The van der Waals surface area contributed by atoms with Crippen LogP contribution < -0.4 is 15.4 Å². The number of rotatable bonds is 11. The second-order valence-corrected chi connectivity index (χ2v) is 9.35. The fraction of sp³-hybridized carbons (Fsp3) is 0.474. The Balaban J connectivity index is 1.65. The molecule has 1 aliphatic rings. The lowest BCUT2D eigenvalue weighted by molar-refractivity contribution is -0.122. The molecular weight excluding hydrogens is 434 g/mol. The van der Waals surface area contributed by atoms with E-state index in [-0.39, 0.29) is 36.7 Å². The molecule has 9 nitrogen and oxygen atoms in total. The highest BCUT2D eigenvalue weighted by molar-refractivity contribution is 7.91. The third-order valence-corrected chi connectivity index (χ3v) is 5.09. The van der Waals surface area contributed by atoms with Crippen molar-refractivity contribution < 1.29 is 31.5 Å². The molecule has 0 spiro atoms. The van der Waals surface area contributed by atoms with Crippen LogP contribution in [0.1, 0.15) is 24.1 Å². The first-order chi connectivity index (χ1) is 14.6. The Kier molecular flexibility index (Phi) is 7.23. The van der Waals surface area contributed by atoms with Gasteiger partial charge in [-0.2, -0.15) is 4.98 Å². The molecule has 3 rings (SSSR count). The lowest BCUT2D eigenvalue weighted by Gasteiger charge is -2.25. The van der Waals surface area contributed by atoms with Crippen molar-refractivity contribution in [1.82, 2.24) is 15.6 Å². The second kappa shape index (κ2) is 9.71. The lowest BCUT2D eigenvalue weighted by atomic mass is 10.0. The molecule has 0 unspecified atom stereocenters. The molecule has 0 radical (unpaired) electrons. The number of aromatic nitrogens is 1. The summed E-state index contributed by atoms with van der Waals surface area (Å²) in [6.07, 6.45) is 2.84. The van der Waals surface area contributed by atoms with Crippen LogP contribution in [-0.4, -0.2) is 55.4 Å². The number of nitrogens with one attached hydrogen (secondary N) is 3. The minimum absolute atomic E-state index is 0.00757. The van der Waals surface area contributed by atoms with Gasteiger partial charge in [-0.05, 0) is 37.0 Å². The molecule has 31 heavy (non-hydrogen) atoms. The van der Waals surface area contributed by atoms with Crippen LogP contribution in [0.3, 0.4) is 0 Å². The van der Waals surface area contributed by atoms with Crippen molar-refractivity contribution in [2.75, 3.05) is 17.5 Å². The summed E-state index contributed by atoms with van der Waals surface area (Å²) >= 11 is 0. The van der Waals surface area contributed by atoms with Gasteiger partial charge in [0.25, 0.3) is 0 Å². The smallest absolute Gasteiger partial charge is 0.308 e. The molecule has 1 heterocycles. The Bertz CT molecular complexity index is 1010. The standard InChI is InChI=1S/C19H24F2N4O5S/c1-31(28,29)25-19-23-15(10-30-19)8-18(27)24-16(17(26)9-22-14-2-3-14)6-11-4-12(20)7-13(21)5-11/h4-5,7,10,14,16-17,22,26H,2-3,6,8-9H2,1H3,(H,23,25)(H,24,27)/t16-,17+/m0/s1. The summed E-state index contributed by atoms with van der Waals surface area (Å²) in [6, 6.07) is 2.27. The first-order valence-corrected chi connectivity index (χ1v) is 11.5. The van der Waals surface area contributed by atoms with Gasteiger partial charge in [0.05, 0.1) is 30.5 Å². The summed E-state index contributed by atoms with van der Waals surface area (Å²) in [5.74, 6) is -2.02. The number of halogens is 2. The maximum Gasteiger partial charge on any atom is 0.308 e. The van der Waals surface area contributed by atoms with Crippen molar-refractivity contribution in [1.29, 1.82) is 0 Å².